The summed E-state index contributed by atoms with van der Waals surface area (Å²) in [6.07, 6.45) is 4.57. The number of benzene rings is 1. The third-order valence-corrected chi connectivity index (χ3v) is 6.42. The van der Waals surface area contributed by atoms with Crippen LogP contribution in [0.3, 0.4) is 0 Å². The Balaban J connectivity index is 1.33. The number of alkyl halides is 2. The molecule has 5 rings (SSSR count). The van der Waals surface area contributed by atoms with Crippen molar-refractivity contribution in [3.05, 3.63) is 30.6 Å². The predicted octanol–water partition coefficient (Wildman–Crippen LogP) is 3.69. The van der Waals surface area contributed by atoms with E-state index in [4.69, 9.17) is 0 Å². The Hall–Kier alpha value is -3.63. The summed E-state index contributed by atoms with van der Waals surface area (Å²) < 4.78 is 27.0. The smallest absolute Gasteiger partial charge is 0.258 e. The first-order valence-electron chi connectivity index (χ1n) is 11.3. The molecule has 1 amide bonds. The van der Waals surface area contributed by atoms with Crippen molar-refractivity contribution >= 4 is 33.9 Å². The summed E-state index contributed by atoms with van der Waals surface area (Å²) in [6, 6.07) is 5.68. The van der Waals surface area contributed by atoms with Crippen LogP contribution in [0.15, 0.2) is 30.6 Å². The molecule has 4 aromatic rings. The number of carbonyl (C=O) groups is 1. The van der Waals surface area contributed by atoms with Crippen molar-refractivity contribution in [1.82, 2.24) is 34.8 Å². The van der Waals surface area contributed by atoms with E-state index in [1.165, 1.54) is 4.68 Å². The minimum Gasteiger partial charge on any atom is -0.351 e. The van der Waals surface area contributed by atoms with Gasteiger partial charge in [0.2, 0.25) is 11.9 Å². The molecular weight excluding hydrogens is 442 g/mol. The molecule has 3 aromatic heterocycles. The van der Waals surface area contributed by atoms with Gasteiger partial charge in [-0.05, 0) is 43.4 Å². The molecule has 3 heterocycles. The van der Waals surface area contributed by atoms with E-state index in [1.807, 2.05) is 12.3 Å². The zero-order valence-electron chi connectivity index (χ0n) is 19.0. The van der Waals surface area contributed by atoms with Crippen molar-refractivity contribution in [3.63, 3.8) is 0 Å². The first kappa shape index (κ1) is 22.2. The number of H-pyrrole nitrogens is 1. The Morgan fingerprint density at radius 1 is 1.26 bits per heavy atom. The summed E-state index contributed by atoms with van der Waals surface area (Å²) in [7, 11) is 3.60. The molecule has 1 aromatic carbocycles. The van der Waals surface area contributed by atoms with Gasteiger partial charge in [0, 0.05) is 49.4 Å². The van der Waals surface area contributed by atoms with E-state index in [9.17, 15) is 13.6 Å². The number of nitrogens with one attached hydrogen (secondary N) is 2. The van der Waals surface area contributed by atoms with E-state index in [2.05, 4.69) is 30.6 Å². The van der Waals surface area contributed by atoms with Crippen LogP contribution in [0.4, 0.5) is 14.7 Å². The lowest BCUT2D eigenvalue weighted by Crippen LogP contribution is -2.35. The van der Waals surface area contributed by atoms with Crippen molar-refractivity contribution in [2.75, 3.05) is 19.4 Å². The van der Waals surface area contributed by atoms with Crippen LogP contribution in [-0.4, -0.2) is 67.3 Å². The Bertz CT molecular complexity index is 1320. The van der Waals surface area contributed by atoms with Crippen LogP contribution < -0.4 is 5.32 Å². The van der Waals surface area contributed by atoms with Gasteiger partial charge in [0.25, 0.3) is 6.43 Å². The number of hydrogen-bond acceptors (Lipinski definition) is 6. The summed E-state index contributed by atoms with van der Waals surface area (Å²) >= 11 is 0. The number of fused-ring (bicyclic) bond motifs is 2. The van der Waals surface area contributed by atoms with Crippen molar-refractivity contribution in [2.45, 2.75) is 44.7 Å². The number of halogens is 2. The fourth-order valence-corrected chi connectivity index (χ4v) is 4.65. The standard InChI is InChI=1S/C23H26F2N8O/c1-32(2)22(34)13-3-6-15(7-4-13)28-23-27-11-17-16(10-26-21(17)29-23)14-5-8-18-19(9-14)33(31-30-18)12-20(24)25/h5,8-11,13,15,20H,3-4,6-7,12H2,1-2H3,(H2,26,27,28,29). The summed E-state index contributed by atoms with van der Waals surface area (Å²) in [5.74, 6) is 0.825. The summed E-state index contributed by atoms with van der Waals surface area (Å²) in [4.78, 5) is 26.2. The highest BCUT2D eigenvalue weighted by atomic mass is 19.3. The molecule has 0 radical (unpaired) electrons. The maximum atomic E-state index is 12.9. The summed E-state index contributed by atoms with van der Waals surface area (Å²) in [5, 5.41) is 12.0. The maximum Gasteiger partial charge on any atom is 0.258 e. The second kappa shape index (κ2) is 8.96. The molecular formula is C23H26F2N8O. The van der Waals surface area contributed by atoms with Crippen LogP contribution in [0.25, 0.3) is 33.2 Å². The molecule has 0 aliphatic heterocycles. The van der Waals surface area contributed by atoms with Crippen LogP contribution in [-0.2, 0) is 11.3 Å². The number of amides is 1. The molecule has 1 saturated carbocycles. The summed E-state index contributed by atoms with van der Waals surface area (Å²) in [5.41, 5.74) is 3.51. The van der Waals surface area contributed by atoms with Gasteiger partial charge >= 0.3 is 0 Å². The van der Waals surface area contributed by atoms with Gasteiger partial charge in [-0.3, -0.25) is 4.79 Å². The highest BCUT2D eigenvalue weighted by molar-refractivity contribution is 5.95. The highest BCUT2D eigenvalue weighted by Crippen LogP contribution is 2.31. The SMILES string of the molecule is CN(C)C(=O)C1CCC(Nc2ncc3c(-c4ccc5nnn(CC(F)F)c5c4)c[nH]c3n2)CC1. The normalized spacial score (nSPS) is 18.6. The lowest BCUT2D eigenvalue weighted by molar-refractivity contribution is -0.133. The van der Waals surface area contributed by atoms with E-state index < -0.39 is 13.0 Å². The fourth-order valence-electron chi connectivity index (χ4n) is 4.65. The maximum absolute atomic E-state index is 12.9. The van der Waals surface area contributed by atoms with Gasteiger partial charge < -0.3 is 15.2 Å². The molecule has 178 valence electrons. The van der Waals surface area contributed by atoms with Crippen LogP contribution in [0.5, 0.6) is 0 Å². The van der Waals surface area contributed by atoms with E-state index in [0.29, 0.717) is 22.6 Å². The number of aromatic amines is 1. The fraction of sp³-hybridized carbons (Fsp3) is 0.435. The van der Waals surface area contributed by atoms with Crippen LogP contribution in [0.2, 0.25) is 0 Å². The topological polar surface area (TPSA) is 105 Å². The first-order chi connectivity index (χ1) is 16.4. The van der Waals surface area contributed by atoms with E-state index in [-0.39, 0.29) is 17.9 Å². The zero-order valence-corrected chi connectivity index (χ0v) is 19.0. The van der Waals surface area contributed by atoms with Gasteiger partial charge in [-0.25, -0.2) is 18.4 Å². The number of hydrogen-bond donors (Lipinski definition) is 2. The minimum atomic E-state index is -2.51. The largest absolute Gasteiger partial charge is 0.351 e. The monoisotopic (exact) mass is 468 g/mol. The average molecular weight is 469 g/mol. The molecule has 11 heteroatoms. The predicted molar refractivity (Wildman–Crippen MR) is 124 cm³/mol. The lowest BCUT2D eigenvalue weighted by atomic mass is 9.85. The van der Waals surface area contributed by atoms with E-state index in [0.717, 1.165) is 42.2 Å². The quantitative estimate of drug-likeness (QED) is 0.447. The Morgan fingerprint density at radius 2 is 2.06 bits per heavy atom. The highest BCUT2D eigenvalue weighted by Gasteiger charge is 2.27. The molecule has 1 aliphatic rings. The average Bonchev–Trinajstić information content (AvgIpc) is 3.42. The minimum absolute atomic E-state index is 0.0898. The van der Waals surface area contributed by atoms with Gasteiger partial charge in [-0.1, -0.05) is 11.3 Å². The van der Waals surface area contributed by atoms with Gasteiger partial charge in [-0.15, -0.1) is 5.10 Å². The van der Waals surface area contributed by atoms with Crippen molar-refractivity contribution < 1.29 is 13.6 Å². The number of carbonyl (C=O) groups excluding carboxylic acids is 1. The van der Waals surface area contributed by atoms with Gasteiger partial charge in [0.05, 0.1) is 5.52 Å². The van der Waals surface area contributed by atoms with Crippen molar-refractivity contribution in [3.8, 4) is 11.1 Å². The molecule has 2 N–H and O–H groups in total. The number of aromatic nitrogens is 6. The van der Waals surface area contributed by atoms with Crippen molar-refractivity contribution in [2.24, 2.45) is 5.92 Å². The Morgan fingerprint density at radius 3 is 2.79 bits per heavy atom. The molecule has 0 saturated heterocycles. The van der Waals surface area contributed by atoms with Crippen LogP contribution >= 0.6 is 0 Å². The number of nitrogens with zero attached hydrogens (tertiary/aromatic N) is 6. The number of anilines is 1. The van der Waals surface area contributed by atoms with Crippen LogP contribution in [0.1, 0.15) is 25.7 Å². The van der Waals surface area contributed by atoms with E-state index >= 15 is 0 Å². The molecule has 0 spiro atoms. The third kappa shape index (κ3) is 4.29. The molecule has 0 bridgehead atoms. The van der Waals surface area contributed by atoms with Crippen LogP contribution in [0, 0.1) is 5.92 Å². The molecule has 1 aliphatic carbocycles. The summed E-state index contributed by atoms with van der Waals surface area (Å²) in [6.45, 7) is -0.503. The zero-order chi connectivity index (χ0) is 23.8. The number of rotatable bonds is 6. The first-order valence-corrected chi connectivity index (χ1v) is 11.3. The Labute approximate surface area is 194 Å². The molecule has 0 unspecified atom stereocenters. The molecule has 9 nitrogen and oxygen atoms in total. The molecule has 34 heavy (non-hydrogen) atoms. The van der Waals surface area contributed by atoms with Gasteiger partial charge in [0.15, 0.2) is 0 Å². The molecule has 1 fully saturated rings. The molecule has 0 atom stereocenters. The lowest BCUT2D eigenvalue weighted by Gasteiger charge is -2.29. The van der Waals surface area contributed by atoms with Gasteiger partial charge in [0.1, 0.15) is 17.7 Å². The third-order valence-electron chi connectivity index (χ3n) is 6.42. The Kier molecular flexibility index (Phi) is 5.84. The van der Waals surface area contributed by atoms with E-state index in [1.54, 1.807) is 37.3 Å². The van der Waals surface area contributed by atoms with Gasteiger partial charge in [-0.2, -0.15) is 4.98 Å². The second-order valence-electron chi connectivity index (χ2n) is 8.95. The second-order valence-corrected chi connectivity index (χ2v) is 8.95. The van der Waals surface area contributed by atoms with Crippen molar-refractivity contribution in [1.29, 1.82) is 0 Å².